The molecule has 0 fully saturated rings. The fraction of sp³-hybridized carbons (Fsp3) is 0.357. The first-order valence-electron chi connectivity index (χ1n) is 13.0. The van der Waals surface area contributed by atoms with Gasteiger partial charge in [0.15, 0.2) is 0 Å². The summed E-state index contributed by atoms with van der Waals surface area (Å²) >= 11 is 0. The number of rotatable bonds is 17. The number of nitrogens with one attached hydrogen (secondary N) is 3. The number of primary amides is 2. The number of carbonyl (C=O) groups excluding carboxylic acids is 5. The Morgan fingerprint density at radius 3 is 1.41 bits per heavy atom. The number of amides is 5. The maximum Gasteiger partial charge on any atom is 0.326 e. The minimum atomic E-state index is -1.42. The second-order valence-corrected chi connectivity index (χ2v) is 9.52. The van der Waals surface area contributed by atoms with Gasteiger partial charge < -0.3 is 38.3 Å². The maximum atomic E-state index is 13.5. The van der Waals surface area contributed by atoms with Gasteiger partial charge in [-0.25, -0.2) is 4.79 Å². The predicted octanol–water partition coefficient (Wildman–Crippen LogP) is -1.13. The molecule has 2 aromatic carbocycles. The lowest BCUT2D eigenvalue weighted by Crippen LogP contribution is -2.58. The summed E-state index contributed by atoms with van der Waals surface area (Å²) in [6.45, 7) is 0. The Morgan fingerprint density at radius 1 is 0.610 bits per heavy atom. The molecule has 0 heterocycles. The Bertz CT molecular complexity index is 1210. The number of carboxylic acid groups (broad SMARTS) is 1. The van der Waals surface area contributed by atoms with Crippen LogP contribution in [-0.2, 0) is 41.6 Å². The van der Waals surface area contributed by atoms with E-state index < -0.39 is 59.7 Å². The molecule has 220 valence electrons. The van der Waals surface area contributed by atoms with Crippen molar-refractivity contribution in [3.63, 3.8) is 0 Å². The summed E-state index contributed by atoms with van der Waals surface area (Å²) in [5.41, 5.74) is 17.5. The van der Waals surface area contributed by atoms with Crippen LogP contribution >= 0.6 is 0 Å². The third-order valence-electron chi connectivity index (χ3n) is 6.16. The molecule has 4 unspecified atom stereocenters. The van der Waals surface area contributed by atoms with Crippen LogP contribution in [-0.4, -0.2) is 64.8 Å². The van der Waals surface area contributed by atoms with Crippen LogP contribution in [0.1, 0.15) is 36.8 Å². The molecule has 0 spiro atoms. The van der Waals surface area contributed by atoms with Gasteiger partial charge in [-0.3, -0.25) is 24.0 Å². The Balaban J connectivity index is 2.28. The van der Waals surface area contributed by atoms with Crippen molar-refractivity contribution in [3.8, 4) is 0 Å². The van der Waals surface area contributed by atoms with Gasteiger partial charge in [-0.2, -0.15) is 0 Å². The topological polar surface area (TPSA) is 237 Å². The molecule has 41 heavy (non-hydrogen) atoms. The van der Waals surface area contributed by atoms with Crippen molar-refractivity contribution < 1.29 is 33.9 Å². The fourth-order valence-corrected chi connectivity index (χ4v) is 3.91. The molecule has 0 saturated carbocycles. The van der Waals surface area contributed by atoms with Crippen molar-refractivity contribution in [3.05, 3.63) is 71.8 Å². The first-order valence-corrected chi connectivity index (χ1v) is 13.0. The number of aliphatic carboxylic acids is 1. The van der Waals surface area contributed by atoms with Crippen LogP contribution in [0.2, 0.25) is 0 Å². The first kappa shape index (κ1) is 32.4. The van der Waals surface area contributed by atoms with Crippen molar-refractivity contribution in [2.45, 2.75) is 62.7 Å². The molecule has 5 amide bonds. The van der Waals surface area contributed by atoms with E-state index >= 15 is 0 Å². The summed E-state index contributed by atoms with van der Waals surface area (Å²) in [5.74, 6) is -4.94. The third kappa shape index (κ3) is 11.9. The zero-order chi connectivity index (χ0) is 30.4. The number of hydrogen-bond acceptors (Lipinski definition) is 7. The van der Waals surface area contributed by atoms with Gasteiger partial charge >= 0.3 is 5.97 Å². The van der Waals surface area contributed by atoms with Crippen molar-refractivity contribution >= 4 is 35.5 Å². The smallest absolute Gasteiger partial charge is 0.326 e. The van der Waals surface area contributed by atoms with Crippen LogP contribution in [0, 0.1) is 0 Å². The minimum absolute atomic E-state index is 0.00466. The third-order valence-corrected chi connectivity index (χ3v) is 6.16. The second-order valence-electron chi connectivity index (χ2n) is 9.52. The number of nitrogens with two attached hydrogens (primary N) is 3. The number of carbonyl (C=O) groups is 6. The van der Waals surface area contributed by atoms with Crippen molar-refractivity contribution in [2.75, 3.05) is 0 Å². The Morgan fingerprint density at radius 2 is 1.00 bits per heavy atom. The molecule has 2 aromatic rings. The van der Waals surface area contributed by atoms with Gasteiger partial charge in [0, 0.05) is 25.7 Å². The lowest BCUT2D eigenvalue weighted by atomic mass is 10.0. The van der Waals surface area contributed by atoms with Gasteiger partial charge in [0.25, 0.3) is 0 Å². The van der Waals surface area contributed by atoms with Crippen LogP contribution < -0.4 is 33.2 Å². The molecule has 0 aliphatic rings. The standard InChI is InChI=1S/C28H36N6O7/c29-19(11-13-23(30)35)25(37)33-21(15-17-7-3-1-4-8-17)27(39)34-22(16-18-9-5-2-6-10-18)26(38)32-20(28(40)41)12-14-24(31)36/h1-10,19-22H,11-16,29H2,(H2,30,35)(H2,31,36)(H,32,38)(H,33,37)(H,34,39)(H,40,41). The summed E-state index contributed by atoms with van der Waals surface area (Å²) in [5, 5.41) is 17.1. The van der Waals surface area contributed by atoms with Crippen LogP contribution in [0.4, 0.5) is 0 Å². The van der Waals surface area contributed by atoms with Crippen LogP contribution in [0.15, 0.2) is 60.7 Å². The summed E-state index contributed by atoms with van der Waals surface area (Å²) in [6, 6.07) is 12.6. The summed E-state index contributed by atoms with van der Waals surface area (Å²) in [4.78, 5) is 73.5. The molecule has 4 atom stereocenters. The molecular weight excluding hydrogens is 532 g/mol. The predicted molar refractivity (Wildman–Crippen MR) is 149 cm³/mol. The van der Waals surface area contributed by atoms with Gasteiger partial charge in [0.05, 0.1) is 6.04 Å². The molecule has 0 aliphatic carbocycles. The number of carboxylic acids is 1. The van der Waals surface area contributed by atoms with Gasteiger partial charge in [-0.1, -0.05) is 60.7 Å². The van der Waals surface area contributed by atoms with E-state index in [-0.39, 0.29) is 38.5 Å². The van der Waals surface area contributed by atoms with E-state index in [1.807, 2.05) is 0 Å². The molecule has 0 aromatic heterocycles. The van der Waals surface area contributed by atoms with Gasteiger partial charge in [-0.15, -0.1) is 0 Å². The van der Waals surface area contributed by atoms with Crippen LogP contribution in [0.25, 0.3) is 0 Å². The SMILES string of the molecule is NC(=O)CCC(N)C(=O)NC(Cc1ccccc1)C(=O)NC(Cc1ccccc1)C(=O)NC(CCC(N)=O)C(=O)O. The molecule has 2 rings (SSSR count). The molecule has 10 N–H and O–H groups in total. The first-order chi connectivity index (χ1) is 19.5. The number of hydrogen-bond donors (Lipinski definition) is 7. The highest BCUT2D eigenvalue weighted by molar-refractivity contribution is 5.94. The molecule has 13 nitrogen and oxygen atoms in total. The highest BCUT2D eigenvalue weighted by Gasteiger charge is 2.31. The lowest BCUT2D eigenvalue weighted by Gasteiger charge is -2.25. The van der Waals surface area contributed by atoms with E-state index in [0.29, 0.717) is 11.1 Å². The van der Waals surface area contributed by atoms with E-state index in [1.165, 1.54) is 0 Å². The van der Waals surface area contributed by atoms with Crippen LogP contribution in [0.5, 0.6) is 0 Å². The molecule has 0 bridgehead atoms. The summed E-state index contributed by atoms with van der Waals surface area (Å²) in [7, 11) is 0. The van der Waals surface area contributed by atoms with Gasteiger partial charge in [0.2, 0.25) is 29.5 Å². The van der Waals surface area contributed by atoms with Gasteiger partial charge in [0.1, 0.15) is 18.1 Å². The number of benzene rings is 2. The van der Waals surface area contributed by atoms with Crippen molar-refractivity contribution in [1.29, 1.82) is 0 Å². The highest BCUT2D eigenvalue weighted by Crippen LogP contribution is 2.09. The van der Waals surface area contributed by atoms with Crippen molar-refractivity contribution in [1.82, 2.24) is 16.0 Å². The molecule has 0 radical (unpaired) electrons. The van der Waals surface area contributed by atoms with Gasteiger partial charge in [-0.05, 0) is 24.0 Å². The normalized spacial score (nSPS) is 13.6. The fourth-order valence-electron chi connectivity index (χ4n) is 3.91. The Labute approximate surface area is 237 Å². The monoisotopic (exact) mass is 568 g/mol. The van der Waals surface area contributed by atoms with E-state index in [0.717, 1.165) is 0 Å². The quantitative estimate of drug-likeness (QED) is 0.123. The van der Waals surface area contributed by atoms with E-state index in [2.05, 4.69) is 16.0 Å². The van der Waals surface area contributed by atoms with E-state index in [9.17, 15) is 33.9 Å². The summed E-state index contributed by atoms with van der Waals surface area (Å²) < 4.78 is 0. The molecule has 0 saturated heterocycles. The largest absolute Gasteiger partial charge is 0.480 e. The molecule has 13 heteroatoms. The Hall–Kier alpha value is -4.78. The zero-order valence-corrected chi connectivity index (χ0v) is 22.5. The lowest BCUT2D eigenvalue weighted by molar-refractivity contribution is -0.142. The zero-order valence-electron chi connectivity index (χ0n) is 22.5. The molecular formula is C28H36N6O7. The average Bonchev–Trinajstić information content (AvgIpc) is 2.93. The average molecular weight is 569 g/mol. The van der Waals surface area contributed by atoms with E-state index in [1.54, 1.807) is 60.7 Å². The molecule has 0 aliphatic heterocycles. The second kappa shape index (κ2) is 16.4. The Kier molecular flexibility index (Phi) is 12.9. The minimum Gasteiger partial charge on any atom is -0.480 e. The van der Waals surface area contributed by atoms with Crippen molar-refractivity contribution in [2.24, 2.45) is 17.2 Å². The maximum absolute atomic E-state index is 13.5. The highest BCUT2D eigenvalue weighted by atomic mass is 16.4. The summed E-state index contributed by atoms with van der Waals surface area (Å²) in [6.07, 6.45) is -0.597. The van der Waals surface area contributed by atoms with E-state index in [4.69, 9.17) is 17.2 Å². The van der Waals surface area contributed by atoms with Crippen LogP contribution in [0.3, 0.4) is 0 Å².